The van der Waals surface area contributed by atoms with Gasteiger partial charge in [0.05, 0.1) is 18.9 Å². The normalized spacial score (nSPS) is 14.7. The number of hydrazone groups is 1. The van der Waals surface area contributed by atoms with E-state index in [0.29, 0.717) is 25.4 Å². The highest BCUT2D eigenvalue weighted by molar-refractivity contribution is 5.89. The Morgan fingerprint density at radius 3 is 2.82 bits per heavy atom. The van der Waals surface area contributed by atoms with Gasteiger partial charge in [-0.1, -0.05) is 17.7 Å². The Morgan fingerprint density at radius 1 is 1.45 bits per heavy atom. The highest BCUT2D eigenvalue weighted by Crippen LogP contribution is 2.05. The molecule has 0 aromatic heterocycles. The lowest BCUT2D eigenvalue weighted by atomic mass is 10.1. The van der Waals surface area contributed by atoms with E-state index < -0.39 is 5.03 Å². The summed E-state index contributed by atoms with van der Waals surface area (Å²) in [6.45, 7) is 3.43. The van der Waals surface area contributed by atoms with Crippen molar-refractivity contribution in [2.45, 2.75) is 6.92 Å². The number of rotatable bonds is 5. The number of hydrogen-bond donors (Lipinski definition) is 2. The standard InChI is InChI=1S/C13H17N5O4/c1-10-3-2-4-11(7-10)12(19)22-6-5-17-8-14-13(15-9-17)16-18(20)21/h2-4,7H,5-6,8-9H2,1H3,(H2,14,15,16). The number of ether oxygens (including phenoxy) is 1. The van der Waals surface area contributed by atoms with Gasteiger partial charge in [-0.25, -0.2) is 14.9 Å². The van der Waals surface area contributed by atoms with Crippen molar-refractivity contribution in [2.75, 3.05) is 26.5 Å². The summed E-state index contributed by atoms with van der Waals surface area (Å²) in [6.07, 6.45) is 0. The summed E-state index contributed by atoms with van der Waals surface area (Å²) >= 11 is 0. The molecule has 0 unspecified atom stereocenters. The molecular weight excluding hydrogens is 290 g/mol. The molecule has 1 heterocycles. The van der Waals surface area contributed by atoms with Gasteiger partial charge in [0.1, 0.15) is 11.7 Å². The lowest BCUT2D eigenvalue weighted by Crippen LogP contribution is -2.55. The molecule has 0 aliphatic carbocycles. The molecule has 1 saturated heterocycles. The van der Waals surface area contributed by atoms with Crippen LogP contribution in [0, 0.1) is 17.0 Å². The van der Waals surface area contributed by atoms with Gasteiger partial charge in [0.15, 0.2) is 5.03 Å². The summed E-state index contributed by atoms with van der Waals surface area (Å²) in [4.78, 5) is 24.0. The highest BCUT2D eigenvalue weighted by atomic mass is 16.7. The van der Waals surface area contributed by atoms with Gasteiger partial charge >= 0.3 is 5.97 Å². The maximum absolute atomic E-state index is 11.8. The molecule has 118 valence electrons. The molecule has 1 aromatic rings. The van der Waals surface area contributed by atoms with Crippen LogP contribution in [0.2, 0.25) is 0 Å². The summed E-state index contributed by atoms with van der Waals surface area (Å²) in [5.74, 6) is -0.241. The molecule has 9 nitrogen and oxygen atoms in total. The van der Waals surface area contributed by atoms with E-state index in [1.165, 1.54) is 0 Å². The van der Waals surface area contributed by atoms with Crippen LogP contribution in [0.1, 0.15) is 15.9 Å². The van der Waals surface area contributed by atoms with Crippen LogP contribution in [0.5, 0.6) is 0 Å². The van der Waals surface area contributed by atoms with Crippen LogP contribution in [0.3, 0.4) is 0 Å². The smallest absolute Gasteiger partial charge is 0.338 e. The monoisotopic (exact) mass is 307 g/mol. The molecule has 22 heavy (non-hydrogen) atoms. The second-order valence-electron chi connectivity index (χ2n) is 4.76. The second-order valence-corrected chi connectivity index (χ2v) is 4.76. The minimum absolute atomic E-state index is 0.123. The zero-order valence-corrected chi connectivity index (χ0v) is 12.1. The topological polar surface area (TPSA) is 109 Å². The Labute approximate surface area is 127 Å². The zero-order chi connectivity index (χ0) is 15.9. The summed E-state index contributed by atoms with van der Waals surface area (Å²) < 4.78 is 5.20. The van der Waals surface area contributed by atoms with Crippen molar-refractivity contribution in [2.24, 2.45) is 5.10 Å². The Bertz CT molecular complexity index is 580. The van der Waals surface area contributed by atoms with Gasteiger partial charge in [0.25, 0.3) is 5.96 Å². The summed E-state index contributed by atoms with van der Waals surface area (Å²) in [5, 5.41) is 18.1. The molecule has 0 spiro atoms. The van der Waals surface area contributed by atoms with Crippen LogP contribution in [0.4, 0.5) is 0 Å². The molecule has 2 N–H and O–H groups in total. The number of nitrogens with one attached hydrogen (secondary N) is 2. The molecule has 0 saturated carbocycles. The minimum Gasteiger partial charge on any atom is -0.461 e. The van der Waals surface area contributed by atoms with Crippen molar-refractivity contribution in [3.05, 3.63) is 45.5 Å². The molecule has 0 bridgehead atoms. The number of carbonyl (C=O) groups excluding carboxylic acids is 1. The fraction of sp³-hybridized carbons (Fsp3) is 0.385. The molecule has 0 radical (unpaired) electrons. The van der Waals surface area contributed by atoms with Crippen LogP contribution < -0.4 is 10.6 Å². The van der Waals surface area contributed by atoms with E-state index in [4.69, 9.17) is 4.74 Å². The average Bonchev–Trinajstić information content (AvgIpc) is 2.48. The summed E-state index contributed by atoms with van der Waals surface area (Å²) in [7, 11) is 0. The van der Waals surface area contributed by atoms with Gasteiger partial charge < -0.3 is 15.4 Å². The number of esters is 1. The van der Waals surface area contributed by atoms with E-state index in [1.807, 2.05) is 17.9 Å². The average molecular weight is 307 g/mol. The predicted molar refractivity (Wildman–Crippen MR) is 78.6 cm³/mol. The van der Waals surface area contributed by atoms with Crippen molar-refractivity contribution < 1.29 is 14.6 Å². The van der Waals surface area contributed by atoms with Crippen LogP contribution in [0.15, 0.2) is 29.4 Å². The Kier molecular flexibility index (Phi) is 5.26. The number of nitro groups is 1. The molecule has 2 rings (SSSR count). The lowest BCUT2D eigenvalue weighted by Gasteiger charge is -2.28. The van der Waals surface area contributed by atoms with Crippen molar-refractivity contribution in [1.29, 1.82) is 0 Å². The van der Waals surface area contributed by atoms with Gasteiger partial charge in [0, 0.05) is 6.54 Å². The van der Waals surface area contributed by atoms with Crippen LogP contribution in [0.25, 0.3) is 0 Å². The number of carbonyl (C=O) groups is 1. The first-order valence-corrected chi connectivity index (χ1v) is 6.71. The van der Waals surface area contributed by atoms with Gasteiger partial charge in [-0.3, -0.25) is 4.90 Å². The van der Waals surface area contributed by atoms with E-state index in [0.717, 1.165) is 5.56 Å². The Hall–Kier alpha value is -2.68. The van der Waals surface area contributed by atoms with Crippen molar-refractivity contribution >= 4 is 11.9 Å². The molecule has 9 heteroatoms. The first-order chi connectivity index (χ1) is 10.5. The number of nitrogens with zero attached hydrogens (tertiary/aromatic N) is 3. The third kappa shape index (κ3) is 4.70. The predicted octanol–water partition coefficient (Wildman–Crippen LogP) is 0.109. The second kappa shape index (κ2) is 7.36. The molecule has 1 aromatic carbocycles. The Balaban J connectivity index is 1.71. The van der Waals surface area contributed by atoms with E-state index in [-0.39, 0.29) is 18.5 Å². The van der Waals surface area contributed by atoms with Gasteiger partial charge in [0.2, 0.25) is 0 Å². The summed E-state index contributed by atoms with van der Waals surface area (Å²) in [5.41, 5.74) is 1.52. The molecule has 0 amide bonds. The molecule has 1 aliphatic rings. The largest absolute Gasteiger partial charge is 0.461 e. The zero-order valence-electron chi connectivity index (χ0n) is 12.1. The third-order valence-corrected chi connectivity index (χ3v) is 3.02. The quantitative estimate of drug-likeness (QED) is 0.451. The molecule has 1 fully saturated rings. The van der Waals surface area contributed by atoms with Crippen molar-refractivity contribution in [1.82, 2.24) is 15.5 Å². The van der Waals surface area contributed by atoms with E-state index in [9.17, 15) is 14.9 Å². The molecule has 0 atom stereocenters. The van der Waals surface area contributed by atoms with Crippen molar-refractivity contribution in [3.8, 4) is 0 Å². The maximum atomic E-state index is 11.8. The first-order valence-electron chi connectivity index (χ1n) is 6.71. The number of hydrogen-bond acceptors (Lipinski definition) is 5. The van der Waals surface area contributed by atoms with Crippen LogP contribution in [-0.4, -0.2) is 48.4 Å². The fourth-order valence-corrected chi connectivity index (χ4v) is 1.93. The molecular formula is C13H17N5O4. The number of aryl methyl sites for hydroxylation is 1. The first kappa shape index (κ1) is 15.7. The fourth-order valence-electron chi connectivity index (χ4n) is 1.93. The lowest BCUT2D eigenvalue weighted by molar-refractivity contribution is -0.485. The van der Waals surface area contributed by atoms with Gasteiger partial charge in [-0.2, -0.15) is 0 Å². The third-order valence-electron chi connectivity index (χ3n) is 3.02. The van der Waals surface area contributed by atoms with E-state index in [2.05, 4.69) is 15.7 Å². The highest BCUT2D eigenvalue weighted by Gasteiger charge is 2.16. The number of guanidine groups is 1. The Morgan fingerprint density at radius 2 is 2.18 bits per heavy atom. The SMILES string of the molecule is Cc1cccc(C(=O)OCCN2CNC(=N[N+](=O)[O-])NC2)c1. The van der Waals surface area contributed by atoms with Gasteiger partial charge in [-0.15, -0.1) is 0 Å². The van der Waals surface area contributed by atoms with E-state index in [1.54, 1.807) is 18.2 Å². The number of benzene rings is 1. The van der Waals surface area contributed by atoms with Crippen LogP contribution in [-0.2, 0) is 4.74 Å². The van der Waals surface area contributed by atoms with Crippen molar-refractivity contribution in [3.63, 3.8) is 0 Å². The van der Waals surface area contributed by atoms with Gasteiger partial charge in [-0.05, 0) is 19.1 Å². The van der Waals surface area contributed by atoms with Crippen LogP contribution >= 0.6 is 0 Å². The maximum Gasteiger partial charge on any atom is 0.338 e. The molecule has 1 aliphatic heterocycles. The minimum atomic E-state index is -0.769. The van der Waals surface area contributed by atoms with E-state index >= 15 is 0 Å². The summed E-state index contributed by atoms with van der Waals surface area (Å²) in [6, 6.07) is 7.19.